The molecule has 0 amide bonds. The number of hydrogen-bond acceptors (Lipinski definition) is 2. The maximum Gasteiger partial charge on any atom is 0.0436 e. The number of hydrazine groups is 1. The molecule has 1 aromatic rings. The van der Waals surface area contributed by atoms with Crippen LogP contribution in [0, 0.1) is 0 Å². The van der Waals surface area contributed by atoms with Crippen LogP contribution in [0.1, 0.15) is 37.8 Å². The molecule has 1 aliphatic rings. The molecule has 1 N–H and O–H groups in total. The molecule has 16 heavy (non-hydrogen) atoms. The highest BCUT2D eigenvalue weighted by molar-refractivity contribution is 9.10. The summed E-state index contributed by atoms with van der Waals surface area (Å²) in [4.78, 5) is 0. The average molecular weight is 283 g/mol. The summed E-state index contributed by atoms with van der Waals surface area (Å²) in [6.45, 7) is 4.58. The van der Waals surface area contributed by atoms with Gasteiger partial charge in [-0.05, 0) is 37.5 Å². The molecule has 1 heterocycles. The average Bonchev–Trinajstić information content (AvgIpc) is 2.31. The third-order valence-corrected chi connectivity index (χ3v) is 3.63. The Kier molecular flexibility index (Phi) is 4.38. The summed E-state index contributed by atoms with van der Waals surface area (Å²) in [6.07, 6.45) is 4.02. The van der Waals surface area contributed by atoms with Crippen molar-refractivity contribution in [1.82, 2.24) is 10.4 Å². The van der Waals surface area contributed by atoms with Gasteiger partial charge in [-0.25, -0.2) is 10.4 Å². The molecule has 0 aliphatic carbocycles. The van der Waals surface area contributed by atoms with Crippen molar-refractivity contribution in [2.45, 2.75) is 32.2 Å². The van der Waals surface area contributed by atoms with Crippen LogP contribution in [-0.2, 0) is 0 Å². The molecule has 2 nitrogen and oxygen atoms in total. The molecule has 88 valence electrons. The van der Waals surface area contributed by atoms with Gasteiger partial charge in [-0.3, -0.25) is 0 Å². The van der Waals surface area contributed by atoms with Gasteiger partial charge in [0.1, 0.15) is 0 Å². The van der Waals surface area contributed by atoms with Crippen molar-refractivity contribution in [1.29, 1.82) is 0 Å². The van der Waals surface area contributed by atoms with E-state index in [0.29, 0.717) is 6.04 Å². The molecule has 1 aromatic carbocycles. The monoisotopic (exact) mass is 282 g/mol. The number of nitrogens with zero attached hydrogens (tertiary/aromatic N) is 1. The van der Waals surface area contributed by atoms with Crippen LogP contribution in [0.25, 0.3) is 0 Å². The van der Waals surface area contributed by atoms with E-state index in [9.17, 15) is 0 Å². The number of benzene rings is 1. The Bertz CT molecular complexity index is 317. The van der Waals surface area contributed by atoms with Crippen LogP contribution in [-0.4, -0.2) is 18.1 Å². The minimum atomic E-state index is 0.395. The molecule has 1 unspecified atom stereocenters. The van der Waals surface area contributed by atoms with E-state index in [0.717, 1.165) is 4.47 Å². The van der Waals surface area contributed by atoms with Gasteiger partial charge in [-0.15, -0.1) is 0 Å². The Labute approximate surface area is 106 Å². The van der Waals surface area contributed by atoms with E-state index < -0.39 is 0 Å². The Morgan fingerprint density at radius 2 is 1.75 bits per heavy atom. The molecule has 0 spiro atoms. The van der Waals surface area contributed by atoms with Gasteiger partial charge in [0.2, 0.25) is 0 Å². The zero-order valence-electron chi connectivity index (χ0n) is 9.75. The first kappa shape index (κ1) is 12.1. The molecule has 1 atom stereocenters. The van der Waals surface area contributed by atoms with E-state index in [1.807, 2.05) is 0 Å². The first-order valence-electron chi connectivity index (χ1n) is 6.02. The van der Waals surface area contributed by atoms with Crippen LogP contribution < -0.4 is 5.43 Å². The third-order valence-electron chi connectivity index (χ3n) is 3.10. The highest BCUT2D eigenvalue weighted by atomic mass is 79.9. The van der Waals surface area contributed by atoms with E-state index >= 15 is 0 Å². The summed E-state index contributed by atoms with van der Waals surface area (Å²) >= 11 is 3.46. The molecule has 2 rings (SSSR count). The van der Waals surface area contributed by atoms with Gasteiger partial charge < -0.3 is 0 Å². The quantitative estimate of drug-likeness (QED) is 0.913. The summed E-state index contributed by atoms with van der Waals surface area (Å²) < 4.78 is 1.14. The number of hydrogen-bond donors (Lipinski definition) is 1. The molecule has 1 aliphatic heterocycles. The SMILES string of the molecule is CC(NN1CCCCC1)c1ccc(Br)cc1. The lowest BCUT2D eigenvalue weighted by atomic mass is 10.1. The second kappa shape index (κ2) is 5.80. The first-order chi connectivity index (χ1) is 7.75. The lowest BCUT2D eigenvalue weighted by molar-refractivity contribution is 0.133. The standard InChI is InChI=1S/C13H19BrN2/c1-11(12-5-7-13(14)8-6-12)15-16-9-3-2-4-10-16/h5-8,11,15H,2-4,9-10H2,1H3. The Balaban J connectivity index is 1.91. The number of nitrogens with one attached hydrogen (secondary N) is 1. The number of rotatable bonds is 3. The van der Waals surface area contributed by atoms with Crippen molar-refractivity contribution >= 4 is 15.9 Å². The van der Waals surface area contributed by atoms with Crippen molar-refractivity contribution in [3.05, 3.63) is 34.3 Å². The van der Waals surface area contributed by atoms with E-state index in [1.54, 1.807) is 0 Å². The topological polar surface area (TPSA) is 15.3 Å². The molecule has 0 bridgehead atoms. The van der Waals surface area contributed by atoms with Crippen LogP contribution in [0.5, 0.6) is 0 Å². The maximum absolute atomic E-state index is 3.57. The molecular formula is C13H19BrN2. The van der Waals surface area contributed by atoms with Crippen molar-refractivity contribution < 1.29 is 0 Å². The highest BCUT2D eigenvalue weighted by Crippen LogP contribution is 2.17. The van der Waals surface area contributed by atoms with Crippen molar-refractivity contribution in [2.24, 2.45) is 0 Å². The van der Waals surface area contributed by atoms with Gasteiger partial charge in [-0.2, -0.15) is 0 Å². The van der Waals surface area contributed by atoms with Gasteiger partial charge in [-0.1, -0.05) is 34.5 Å². The second-order valence-electron chi connectivity index (χ2n) is 4.45. The van der Waals surface area contributed by atoms with Gasteiger partial charge in [0.25, 0.3) is 0 Å². The molecule has 0 radical (unpaired) electrons. The van der Waals surface area contributed by atoms with Gasteiger partial charge >= 0.3 is 0 Å². The summed E-state index contributed by atoms with van der Waals surface area (Å²) in [5.74, 6) is 0. The van der Waals surface area contributed by atoms with Crippen molar-refractivity contribution in [2.75, 3.05) is 13.1 Å². The van der Waals surface area contributed by atoms with Crippen LogP contribution in [0.4, 0.5) is 0 Å². The highest BCUT2D eigenvalue weighted by Gasteiger charge is 2.13. The smallest absolute Gasteiger partial charge is 0.0436 e. The zero-order chi connectivity index (χ0) is 11.4. The molecule has 1 fully saturated rings. The zero-order valence-corrected chi connectivity index (χ0v) is 11.3. The largest absolute Gasteiger partial charge is 0.248 e. The number of halogens is 1. The van der Waals surface area contributed by atoms with E-state index in [2.05, 4.69) is 57.6 Å². The van der Waals surface area contributed by atoms with E-state index in [4.69, 9.17) is 0 Å². The molecule has 1 saturated heterocycles. The van der Waals surface area contributed by atoms with Crippen molar-refractivity contribution in [3.8, 4) is 0 Å². The van der Waals surface area contributed by atoms with E-state index in [-0.39, 0.29) is 0 Å². The summed E-state index contributed by atoms with van der Waals surface area (Å²) in [7, 11) is 0. The maximum atomic E-state index is 3.57. The molecule has 3 heteroatoms. The van der Waals surface area contributed by atoms with E-state index in [1.165, 1.54) is 37.9 Å². The normalized spacial score (nSPS) is 19.6. The Morgan fingerprint density at radius 1 is 1.12 bits per heavy atom. The van der Waals surface area contributed by atoms with Gasteiger partial charge in [0.15, 0.2) is 0 Å². The Hall–Kier alpha value is -0.380. The van der Waals surface area contributed by atoms with Crippen molar-refractivity contribution in [3.63, 3.8) is 0 Å². The first-order valence-corrected chi connectivity index (χ1v) is 6.81. The fourth-order valence-corrected chi connectivity index (χ4v) is 2.39. The minimum absolute atomic E-state index is 0.395. The second-order valence-corrected chi connectivity index (χ2v) is 5.37. The fraction of sp³-hybridized carbons (Fsp3) is 0.538. The Morgan fingerprint density at radius 3 is 2.38 bits per heavy atom. The van der Waals surface area contributed by atoms with Gasteiger partial charge in [0, 0.05) is 23.6 Å². The van der Waals surface area contributed by atoms with Crippen LogP contribution >= 0.6 is 15.9 Å². The predicted octanol–water partition coefficient (Wildman–Crippen LogP) is 3.50. The predicted molar refractivity (Wildman–Crippen MR) is 71.1 cm³/mol. The van der Waals surface area contributed by atoms with Gasteiger partial charge in [0.05, 0.1) is 0 Å². The molecule has 0 saturated carbocycles. The lowest BCUT2D eigenvalue weighted by Crippen LogP contribution is -2.42. The van der Waals surface area contributed by atoms with Crippen LogP contribution in [0.2, 0.25) is 0 Å². The molecular weight excluding hydrogens is 264 g/mol. The summed E-state index contributed by atoms with van der Waals surface area (Å²) in [5, 5.41) is 2.36. The lowest BCUT2D eigenvalue weighted by Gasteiger charge is -2.30. The van der Waals surface area contributed by atoms with Crippen LogP contribution in [0.3, 0.4) is 0 Å². The fourth-order valence-electron chi connectivity index (χ4n) is 2.12. The summed E-state index contributed by atoms with van der Waals surface area (Å²) in [6, 6.07) is 8.94. The third kappa shape index (κ3) is 3.30. The number of piperidine rings is 1. The molecule has 0 aromatic heterocycles. The minimum Gasteiger partial charge on any atom is -0.248 e. The summed E-state index contributed by atoms with van der Waals surface area (Å²) in [5.41, 5.74) is 4.91. The van der Waals surface area contributed by atoms with Crippen LogP contribution in [0.15, 0.2) is 28.7 Å².